The maximum atomic E-state index is 5.94. The monoisotopic (exact) mass is 356 g/mol. The van der Waals surface area contributed by atoms with Crippen LogP contribution in [-0.2, 0) is 0 Å². The van der Waals surface area contributed by atoms with E-state index in [-0.39, 0.29) is 0 Å². The van der Waals surface area contributed by atoms with Crippen LogP contribution in [0, 0.1) is 0 Å². The van der Waals surface area contributed by atoms with E-state index in [0.717, 1.165) is 43.7 Å². The lowest BCUT2D eigenvalue weighted by Gasteiger charge is -2.27. The maximum Gasteiger partial charge on any atom is 0.224 e. The number of nitrogens with one attached hydrogen (secondary N) is 1. The number of rotatable bonds is 3. The number of hydrogen-bond donors (Lipinski definition) is 1. The van der Waals surface area contributed by atoms with Crippen molar-refractivity contribution in [2.45, 2.75) is 25.3 Å². The van der Waals surface area contributed by atoms with Gasteiger partial charge < -0.3 is 14.8 Å². The van der Waals surface area contributed by atoms with Crippen LogP contribution in [0.2, 0.25) is 5.28 Å². The van der Waals surface area contributed by atoms with Gasteiger partial charge in [0.05, 0.1) is 0 Å². The van der Waals surface area contributed by atoms with E-state index in [1.807, 2.05) is 18.5 Å². The first-order chi connectivity index (χ1) is 12.2. The first-order valence-electron chi connectivity index (χ1n) is 8.58. The average Bonchev–Trinajstić information content (AvgIpc) is 3.24. The van der Waals surface area contributed by atoms with E-state index in [1.165, 1.54) is 10.9 Å². The van der Waals surface area contributed by atoms with Gasteiger partial charge in [0.1, 0.15) is 11.3 Å². The van der Waals surface area contributed by atoms with Crippen LogP contribution in [0.3, 0.4) is 0 Å². The highest BCUT2D eigenvalue weighted by molar-refractivity contribution is 6.28. The summed E-state index contributed by atoms with van der Waals surface area (Å²) in [6.45, 7) is 2.01. The van der Waals surface area contributed by atoms with E-state index in [1.54, 1.807) is 6.20 Å². The van der Waals surface area contributed by atoms with Gasteiger partial charge in [0.15, 0.2) is 0 Å². The van der Waals surface area contributed by atoms with Gasteiger partial charge in [-0.15, -0.1) is 0 Å². The lowest BCUT2D eigenvalue weighted by Crippen LogP contribution is -2.37. The molecule has 1 atom stereocenters. The van der Waals surface area contributed by atoms with Crippen molar-refractivity contribution in [3.05, 3.63) is 52.8 Å². The van der Waals surface area contributed by atoms with Gasteiger partial charge in [0.2, 0.25) is 5.28 Å². The molecule has 2 aromatic rings. The quantitative estimate of drug-likeness (QED) is 0.850. The molecular formula is C18H21ClN6. The number of aromatic nitrogens is 3. The fraction of sp³-hybridized carbons (Fsp3) is 0.389. The van der Waals surface area contributed by atoms with Gasteiger partial charge in [0.25, 0.3) is 0 Å². The molecule has 0 aliphatic carbocycles. The second-order valence-corrected chi connectivity index (χ2v) is 6.76. The Morgan fingerprint density at radius 2 is 2.28 bits per heavy atom. The zero-order valence-corrected chi connectivity index (χ0v) is 14.9. The van der Waals surface area contributed by atoms with Crippen LogP contribution in [0.1, 0.15) is 19.3 Å². The number of allylic oxidation sites excluding steroid dienone is 1. The summed E-state index contributed by atoms with van der Waals surface area (Å²) in [6, 6.07) is 4.44. The molecule has 2 aliphatic rings. The minimum atomic E-state index is 0.291. The second-order valence-electron chi connectivity index (χ2n) is 6.42. The highest BCUT2D eigenvalue weighted by Crippen LogP contribution is 2.25. The molecule has 2 aromatic heterocycles. The van der Waals surface area contributed by atoms with E-state index in [4.69, 9.17) is 11.6 Å². The number of H-pyrrole nitrogens is 1. The van der Waals surface area contributed by atoms with Gasteiger partial charge in [0, 0.05) is 55.7 Å². The van der Waals surface area contributed by atoms with Crippen molar-refractivity contribution in [2.75, 3.05) is 25.0 Å². The first kappa shape index (κ1) is 16.1. The normalized spacial score (nSPS) is 24.8. The number of likely N-dealkylation sites (N-methyl/N-ethyl adjacent to an activating group) is 1. The predicted molar refractivity (Wildman–Crippen MR) is 98.8 cm³/mol. The highest BCUT2D eigenvalue weighted by atomic mass is 35.5. The fourth-order valence-electron chi connectivity index (χ4n) is 3.60. The molecule has 25 heavy (non-hydrogen) atoms. The van der Waals surface area contributed by atoms with Crippen molar-refractivity contribution in [2.24, 2.45) is 4.99 Å². The Kier molecular flexibility index (Phi) is 4.44. The average molecular weight is 357 g/mol. The highest BCUT2D eigenvalue weighted by Gasteiger charge is 2.28. The summed E-state index contributed by atoms with van der Waals surface area (Å²) in [5.74, 6) is 0.870. The van der Waals surface area contributed by atoms with E-state index >= 15 is 0 Å². The Morgan fingerprint density at radius 3 is 3.16 bits per heavy atom. The predicted octanol–water partition coefficient (Wildman–Crippen LogP) is 1.70. The third-order valence-electron chi connectivity index (χ3n) is 4.96. The van der Waals surface area contributed by atoms with Gasteiger partial charge in [-0.05, 0) is 43.0 Å². The largest absolute Gasteiger partial charge is 0.372 e. The van der Waals surface area contributed by atoms with Crippen LogP contribution >= 0.6 is 11.6 Å². The molecule has 1 N–H and O–H groups in total. The second kappa shape index (κ2) is 6.88. The van der Waals surface area contributed by atoms with Gasteiger partial charge in [-0.2, -0.15) is 0 Å². The van der Waals surface area contributed by atoms with E-state index in [2.05, 4.69) is 48.9 Å². The van der Waals surface area contributed by atoms with Crippen molar-refractivity contribution in [1.82, 2.24) is 19.9 Å². The third kappa shape index (κ3) is 3.26. The minimum Gasteiger partial charge on any atom is -0.372 e. The minimum absolute atomic E-state index is 0.291. The summed E-state index contributed by atoms with van der Waals surface area (Å²) in [7, 11) is 2.08. The molecule has 0 spiro atoms. The van der Waals surface area contributed by atoms with E-state index in [0.29, 0.717) is 11.3 Å². The number of halogens is 1. The topological polar surface area (TPSA) is 60.4 Å². The molecule has 7 heteroatoms. The van der Waals surface area contributed by atoms with E-state index < -0.39 is 0 Å². The van der Waals surface area contributed by atoms with Crippen LogP contribution in [0.15, 0.2) is 41.8 Å². The molecule has 0 saturated carbocycles. The molecule has 4 heterocycles. The van der Waals surface area contributed by atoms with Crippen LogP contribution in [0.4, 0.5) is 5.82 Å². The maximum absolute atomic E-state index is 5.94. The molecule has 1 fully saturated rings. The van der Waals surface area contributed by atoms with Crippen LogP contribution < -0.4 is 15.6 Å². The molecule has 0 unspecified atom stereocenters. The molecule has 1 saturated heterocycles. The van der Waals surface area contributed by atoms with Crippen LogP contribution in [0.25, 0.3) is 5.70 Å². The number of hydrogen-bond acceptors (Lipinski definition) is 5. The van der Waals surface area contributed by atoms with Crippen molar-refractivity contribution in [3.63, 3.8) is 0 Å². The summed E-state index contributed by atoms with van der Waals surface area (Å²) < 4.78 is 0. The molecule has 0 radical (unpaired) electrons. The molecule has 0 bridgehead atoms. The number of fused-ring (bicyclic) bond motifs is 1. The van der Waals surface area contributed by atoms with Crippen molar-refractivity contribution in [3.8, 4) is 0 Å². The summed E-state index contributed by atoms with van der Waals surface area (Å²) in [6.07, 6.45) is 10.8. The van der Waals surface area contributed by atoms with Gasteiger partial charge >= 0.3 is 0 Å². The summed E-state index contributed by atoms with van der Waals surface area (Å²) in [4.78, 5) is 20.8. The van der Waals surface area contributed by atoms with Gasteiger partial charge in [-0.25, -0.2) is 15.0 Å². The number of aromatic amines is 1. The summed E-state index contributed by atoms with van der Waals surface area (Å²) in [5.41, 5.74) is 2.33. The van der Waals surface area contributed by atoms with Crippen molar-refractivity contribution in [1.29, 1.82) is 0 Å². The van der Waals surface area contributed by atoms with Crippen molar-refractivity contribution >= 4 is 23.1 Å². The molecule has 6 nitrogen and oxygen atoms in total. The molecule has 2 aliphatic heterocycles. The number of nitrogens with zero attached hydrogens (tertiary/aromatic N) is 5. The Morgan fingerprint density at radius 1 is 1.36 bits per heavy atom. The van der Waals surface area contributed by atoms with Crippen LogP contribution in [-0.4, -0.2) is 46.0 Å². The Labute approximate surface area is 151 Å². The lowest BCUT2D eigenvalue weighted by molar-refractivity contribution is 0.460. The molecule has 0 aromatic carbocycles. The zero-order valence-electron chi connectivity index (χ0n) is 14.2. The number of anilines is 1. The Hall–Kier alpha value is -2.34. The fourth-order valence-corrected chi connectivity index (χ4v) is 3.74. The lowest BCUT2D eigenvalue weighted by atomic mass is 10.1. The third-order valence-corrected chi connectivity index (χ3v) is 5.14. The molecule has 4 rings (SSSR count). The SMILES string of the molecule is CN(c1ccnc(Cl)n1)[C@@H]1CCN(\C2=c3/cc[nH]/c3=N\C=C/CC2)C1. The van der Waals surface area contributed by atoms with Crippen LogP contribution in [0.5, 0.6) is 0 Å². The Balaban J connectivity index is 1.59. The van der Waals surface area contributed by atoms with Gasteiger partial charge in [-0.3, -0.25) is 0 Å². The molecule has 0 amide bonds. The molecule has 130 valence electrons. The Bertz CT molecular complexity index is 902. The summed E-state index contributed by atoms with van der Waals surface area (Å²) >= 11 is 5.94. The summed E-state index contributed by atoms with van der Waals surface area (Å²) in [5, 5.41) is 1.51. The number of likely N-dealkylation sites (tertiary alicyclic amines) is 1. The molecular weight excluding hydrogens is 336 g/mol. The zero-order chi connectivity index (χ0) is 17.2. The first-order valence-corrected chi connectivity index (χ1v) is 8.96. The smallest absolute Gasteiger partial charge is 0.224 e. The van der Waals surface area contributed by atoms with E-state index in [9.17, 15) is 0 Å². The van der Waals surface area contributed by atoms with Gasteiger partial charge in [-0.1, -0.05) is 6.08 Å². The standard InChI is InChI=1S/C18H21ClN6/c1-24(16-6-10-22-18(19)23-16)13-7-11-25(12-13)15-4-2-3-8-20-17-14(15)5-9-21-17/h3,5-6,8-10,13H,2,4,7,11-12H2,1H3,(H,20,21)/b8-3-,15-14+/t13-/m1/s1. The van der Waals surface area contributed by atoms with Crippen molar-refractivity contribution < 1.29 is 0 Å².